The minimum atomic E-state index is -3.83. The number of amides is 1. The van der Waals surface area contributed by atoms with Crippen LogP contribution in [0.15, 0.2) is 64.6 Å². The van der Waals surface area contributed by atoms with E-state index in [0.29, 0.717) is 12.3 Å². The number of nitrogens with zero attached hydrogens (tertiary/aromatic N) is 2. The maximum atomic E-state index is 13.3. The van der Waals surface area contributed by atoms with Gasteiger partial charge in [-0.05, 0) is 68.1 Å². The van der Waals surface area contributed by atoms with Gasteiger partial charge in [-0.1, -0.05) is 68.8 Å². The van der Waals surface area contributed by atoms with Crippen molar-refractivity contribution < 1.29 is 13.2 Å². The summed E-state index contributed by atoms with van der Waals surface area (Å²) in [5.41, 5.74) is 5.86. The second kappa shape index (κ2) is 11.3. The van der Waals surface area contributed by atoms with Crippen molar-refractivity contribution in [3.05, 3.63) is 65.7 Å². The molecule has 34 heavy (non-hydrogen) atoms. The summed E-state index contributed by atoms with van der Waals surface area (Å²) in [6, 6.07) is 16.4. The molecular formula is C27H37N3O3S. The molecule has 3 rings (SSSR count). The zero-order valence-corrected chi connectivity index (χ0v) is 21.6. The second-order valence-electron chi connectivity index (χ2n) is 10.2. The molecule has 0 heterocycles. The number of nitrogens with one attached hydrogen (secondary N) is 1. The summed E-state index contributed by atoms with van der Waals surface area (Å²) in [6.07, 6.45) is 4.36. The standard InChI is InChI=1S/C27H37N3O3S/c1-21-10-16-25(17-11-21)34(32,33)30(19-18-22-8-6-5-7-9-22)20-26(31)29-28-24-14-12-23(13-15-24)27(2,3)4/h5-11,16-17,23H,12-15,18-20H2,1-4H3,(H,29,31). The maximum absolute atomic E-state index is 13.3. The van der Waals surface area contributed by atoms with E-state index < -0.39 is 15.9 Å². The Kier molecular flexibility index (Phi) is 8.66. The Labute approximate surface area is 204 Å². The average Bonchev–Trinajstić information content (AvgIpc) is 2.81. The molecular weight excluding hydrogens is 446 g/mol. The summed E-state index contributed by atoms with van der Waals surface area (Å²) in [5.74, 6) is 0.226. The average molecular weight is 484 g/mol. The summed E-state index contributed by atoms with van der Waals surface area (Å²) in [7, 11) is -3.83. The van der Waals surface area contributed by atoms with Crippen molar-refractivity contribution in [2.24, 2.45) is 16.4 Å². The Balaban J connectivity index is 1.68. The quantitative estimate of drug-likeness (QED) is 0.540. The number of aryl methyl sites for hydroxylation is 1. The fourth-order valence-electron chi connectivity index (χ4n) is 4.31. The van der Waals surface area contributed by atoms with E-state index in [2.05, 4.69) is 31.3 Å². The van der Waals surface area contributed by atoms with Gasteiger partial charge in [0.15, 0.2) is 0 Å². The zero-order chi connectivity index (χ0) is 24.8. The Morgan fingerprint density at radius 1 is 1.03 bits per heavy atom. The van der Waals surface area contributed by atoms with Crippen molar-refractivity contribution in [1.29, 1.82) is 0 Å². The van der Waals surface area contributed by atoms with Crippen LogP contribution in [0.2, 0.25) is 0 Å². The lowest BCUT2D eigenvalue weighted by molar-refractivity contribution is -0.121. The van der Waals surface area contributed by atoms with Gasteiger partial charge < -0.3 is 0 Å². The highest BCUT2D eigenvalue weighted by atomic mass is 32.2. The first-order chi connectivity index (χ1) is 16.1. The summed E-state index contributed by atoms with van der Waals surface area (Å²) in [5, 5.41) is 4.33. The maximum Gasteiger partial charge on any atom is 0.255 e. The smallest absolute Gasteiger partial charge is 0.255 e. The highest BCUT2D eigenvalue weighted by Crippen LogP contribution is 2.36. The highest BCUT2D eigenvalue weighted by Gasteiger charge is 2.29. The van der Waals surface area contributed by atoms with Crippen LogP contribution in [0.3, 0.4) is 0 Å². The van der Waals surface area contributed by atoms with E-state index in [4.69, 9.17) is 0 Å². The lowest BCUT2D eigenvalue weighted by atomic mass is 9.72. The Morgan fingerprint density at radius 3 is 2.24 bits per heavy atom. The van der Waals surface area contributed by atoms with E-state index in [1.165, 1.54) is 4.31 Å². The number of hydrazone groups is 1. The lowest BCUT2D eigenvalue weighted by Crippen LogP contribution is -2.40. The van der Waals surface area contributed by atoms with Crippen molar-refractivity contribution in [3.8, 4) is 0 Å². The van der Waals surface area contributed by atoms with Gasteiger partial charge in [-0.2, -0.15) is 9.41 Å². The molecule has 0 bridgehead atoms. The third-order valence-corrected chi connectivity index (χ3v) is 8.46. The minimum Gasteiger partial charge on any atom is -0.272 e. The van der Waals surface area contributed by atoms with Crippen LogP contribution in [0.4, 0.5) is 0 Å². The van der Waals surface area contributed by atoms with Crippen molar-refractivity contribution in [2.75, 3.05) is 13.1 Å². The van der Waals surface area contributed by atoms with Gasteiger partial charge >= 0.3 is 0 Å². The van der Waals surface area contributed by atoms with Gasteiger partial charge in [0.05, 0.1) is 11.4 Å². The van der Waals surface area contributed by atoms with Crippen LogP contribution in [-0.4, -0.2) is 37.4 Å². The highest BCUT2D eigenvalue weighted by molar-refractivity contribution is 7.89. The fourth-order valence-corrected chi connectivity index (χ4v) is 5.70. The molecule has 0 aliphatic heterocycles. The normalized spacial score (nSPS) is 17.0. The van der Waals surface area contributed by atoms with E-state index in [0.717, 1.165) is 42.5 Å². The number of hydrogen-bond acceptors (Lipinski definition) is 4. The van der Waals surface area contributed by atoms with Crippen molar-refractivity contribution in [1.82, 2.24) is 9.73 Å². The molecule has 1 saturated carbocycles. The molecule has 0 radical (unpaired) electrons. The summed E-state index contributed by atoms with van der Waals surface area (Å²) in [4.78, 5) is 12.9. The number of rotatable bonds is 8. The molecule has 2 aromatic carbocycles. The van der Waals surface area contributed by atoms with Crippen LogP contribution >= 0.6 is 0 Å². The second-order valence-corrected chi connectivity index (χ2v) is 12.2. The van der Waals surface area contributed by atoms with Crippen LogP contribution in [0.25, 0.3) is 0 Å². The van der Waals surface area contributed by atoms with Crippen LogP contribution in [-0.2, 0) is 21.2 Å². The van der Waals surface area contributed by atoms with Gasteiger partial charge in [0.2, 0.25) is 10.0 Å². The zero-order valence-electron chi connectivity index (χ0n) is 20.8. The largest absolute Gasteiger partial charge is 0.272 e. The summed E-state index contributed by atoms with van der Waals surface area (Å²) >= 11 is 0. The van der Waals surface area contributed by atoms with Gasteiger partial charge in [-0.25, -0.2) is 13.8 Å². The molecule has 184 valence electrons. The lowest BCUT2D eigenvalue weighted by Gasteiger charge is -2.34. The third kappa shape index (κ3) is 7.24. The molecule has 6 nitrogen and oxygen atoms in total. The van der Waals surface area contributed by atoms with Crippen molar-refractivity contribution >= 4 is 21.6 Å². The number of benzene rings is 2. The molecule has 1 aliphatic rings. The molecule has 0 aromatic heterocycles. The van der Waals surface area contributed by atoms with Crippen LogP contribution in [0.1, 0.15) is 57.6 Å². The van der Waals surface area contributed by atoms with Gasteiger partial charge in [0.25, 0.3) is 5.91 Å². The van der Waals surface area contributed by atoms with Gasteiger partial charge in [0, 0.05) is 12.3 Å². The number of carbonyl (C=O) groups is 1. The van der Waals surface area contributed by atoms with E-state index in [-0.39, 0.29) is 23.4 Å². The van der Waals surface area contributed by atoms with Gasteiger partial charge in [-0.15, -0.1) is 0 Å². The molecule has 1 N–H and O–H groups in total. The van der Waals surface area contributed by atoms with E-state index in [9.17, 15) is 13.2 Å². The monoisotopic (exact) mass is 483 g/mol. The molecule has 7 heteroatoms. The Morgan fingerprint density at radius 2 is 1.65 bits per heavy atom. The first kappa shape index (κ1) is 26.1. The SMILES string of the molecule is Cc1ccc(S(=O)(=O)N(CCc2ccccc2)CC(=O)NN=C2CCC(C(C)(C)C)CC2)cc1. The number of sulfonamides is 1. The summed E-state index contributed by atoms with van der Waals surface area (Å²) in [6.45, 7) is 8.63. The molecule has 2 aromatic rings. The predicted molar refractivity (Wildman–Crippen MR) is 137 cm³/mol. The minimum absolute atomic E-state index is 0.186. The van der Waals surface area contributed by atoms with E-state index in [1.54, 1.807) is 24.3 Å². The third-order valence-electron chi connectivity index (χ3n) is 6.60. The van der Waals surface area contributed by atoms with E-state index in [1.807, 2.05) is 37.3 Å². The van der Waals surface area contributed by atoms with Crippen LogP contribution in [0.5, 0.6) is 0 Å². The molecule has 1 amide bonds. The first-order valence-electron chi connectivity index (χ1n) is 12.0. The predicted octanol–water partition coefficient (Wildman–Crippen LogP) is 4.94. The first-order valence-corrected chi connectivity index (χ1v) is 13.4. The molecule has 1 fully saturated rings. The van der Waals surface area contributed by atoms with Gasteiger partial charge in [-0.3, -0.25) is 4.79 Å². The Hall–Kier alpha value is -2.51. The number of carbonyl (C=O) groups excluding carboxylic acids is 1. The molecule has 0 spiro atoms. The van der Waals surface area contributed by atoms with Crippen molar-refractivity contribution in [2.45, 2.75) is 64.7 Å². The fraction of sp³-hybridized carbons (Fsp3) is 0.481. The van der Waals surface area contributed by atoms with E-state index >= 15 is 0 Å². The molecule has 0 atom stereocenters. The van der Waals surface area contributed by atoms with Crippen LogP contribution in [0, 0.1) is 18.3 Å². The topological polar surface area (TPSA) is 78.8 Å². The Bertz CT molecular complexity index is 1080. The van der Waals surface area contributed by atoms with Crippen molar-refractivity contribution in [3.63, 3.8) is 0 Å². The number of hydrogen-bond donors (Lipinski definition) is 1. The molecule has 1 aliphatic carbocycles. The van der Waals surface area contributed by atoms with Gasteiger partial charge in [0.1, 0.15) is 0 Å². The molecule has 0 saturated heterocycles. The van der Waals surface area contributed by atoms with Crippen LogP contribution < -0.4 is 5.43 Å². The summed E-state index contributed by atoms with van der Waals surface area (Å²) < 4.78 is 27.9. The molecule has 0 unspecified atom stereocenters.